The summed E-state index contributed by atoms with van der Waals surface area (Å²) in [6.45, 7) is -0.974. The lowest BCUT2D eigenvalue weighted by Crippen LogP contribution is -2.12. The van der Waals surface area contributed by atoms with Gasteiger partial charge in [0.05, 0.1) is 12.8 Å². The number of halogens is 2. The summed E-state index contributed by atoms with van der Waals surface area (Å²) in [7, 11) is 0. The molecule has 0 aliphatic carbocycles. The second kappa shape index (κ2) is 5.45. The van der Waals surface area contributed by atoms with Crippen molar-refractivity contribution in [2.75, 3.05) is 6.61 Å². The average Bonchev–Trinajstić information content (AvgIpc) is 1.96. The molecule has 0 spiro atoms. The van der Waals surface area contributed by atoms with E-state index in [1.165, 1.54) is 0 Å². The summed E-state index contributed by atoms with van der Waals surface area (Å²) in [4.78, 5) is 20.3. The molecule has 0 aromatic rings. The van der Waals surface area contributed by atoms with E-state index in [4.69, 9.17) is 5.11 Å². The van der Waals surface area contributed by atoms with Crippen LogP contribution in [0.5, 0.6) is 0 Å². The molecule has 0 heterocycles. The minimum Gasteiger partial charge on any atom is -0.481 e. The van der Waals surface area contributed by atoms with Crippen molar-refractivity contribution in [1.82, 2.24) is 0 Å². The molecule has 0 aromatic heterocycles. The van der Waals surface area contributed by atoms with Gasteiger partial charge in [-0.3, -0.25) is 9.59 Å². The number of ether oxygens (including phenoxy) is 1. The number of rotatable bonds is 5. The highest BCUT2D eigenvalue weighted by molar-refractivity contribution is 5.76. The van der Waals surface area contributed by atoms with Gasteiger partial charge in [-0.25, -0.2) is 8.78 Å². The predicted molar refractivity (Wildman–Crippen MR) is 33.8 cm³/mol. The van der Waals surface area contributed by atoms with Gasteiger partial charge in [-0.05, 0) is 0 Å². The van der Waals surface area contributed by atoms with Gasteiger partial charge in [0.2, 0.25) is 0 Å². The van der Waals surface area contributed by atoms with Crippen LogP contribution >= 0.6 is 0 Å². The summed E-state index contributed by atoms with van der Waals surface area (Å²) < 4.78 is 26.8. The molecule has 0 bridgehead atoms. The van der Waals surface area contributed by atoms with Crippen LogP contribution in [0.3, 0.4) is 0 Å². The molecular weight excluding hydrogens is 174 g/mol. The Morgan fingerprint density at radius 1 is 1.33 bits per heavy atom. The molecule has 1 N–H and O–H groups in total. The Balaban J connectivity index is 3.40. The van der Waals surface area contributed by atoms with Gasteiger partial charge in [-0.1, -0.05) is 0 Å². The topological polar surface area (TPSA) is 63.6 Å². The van der Waals surface area contributed by atoms with Crippen LogP contribution in [-0.2, 0) is 14.3 Å². The van der Waals surface area contributed by atoms with E-state index in [1.807, 2.05) is 0 Å². The quantitative estimate of drug-likeness (QED) is 0.634. The lowest BCUT2D eigenvalue weighted by Gasteiger charge is -2.01. The normalized spacial score (nSPS) is 9.92. The number of hydrogen-bond donors (Lipinski definition) is 1. The first-order valence-corrected chi connectivity index (χ1v) is 3.18. The lowest BCUT2D eigenvalue weighted by molar-refractivity contribution is -0.150. The van der Waals surface area contributed by atoms with E-state index < -0.39 is 31.4 Å². The maximum absolute atomic E-state index is 11.4. The number of aliphatic carboxylic acids is 1. The zero-order valence-electron chi connectivity index (χ0n) is 6.13. The molecule has 0 unspecified atom stereocenters. The molecule has 0 amide bonds. The number of carbonyl (C=O) groups excluding carboxylic acids is 1. The first-order valence-electron chi connectivity index (χ1n) is 3.18. The van der Waals surface area contributed by atoms with Crippen molar-refractivity contribution in [1.29, 1.82) is 0 Å². The van der Waals surface area contributed by atoms with E-state index in [0.29, 0.717) is 0 Å². The molecule has 0 aromatic carbocycles. The third kappa shape index (κ3) is 6.91. The monoisotopic (exact) mass is 182 g/mol. The van der Waals surface area contributed by atoms with Crippen LogP contribution in [0.25, 0.3) is 0 Å². The zero-order valence-corrected chi connectivity index (χ0v) is 6.13. The first kappa shape index (κ1) is 10.8. The van der Waals surface area contributed by atoms with Gasteiger partial charge in [-0.15, -0.1) is 0 Å². The summed E-state index contributed by atoms with van der Waals surface area (Å²) in [5.74, 6) is -2.08. The van der Waals surface area contributed by atoms with Crippen LogP contribution in [0.4, 0.5) is 8.78 Å². The largest absolute Gasteiger partial charge is 0.481 e. The van der Waals surface area contributed by atoms with Gasteiger partial charge in [0.25, 0.3) is 6.43 Å². The third-order valence-corrected chi connectivity index (χ3v) is 0.913. The first-order chi connectivity index (χ1) is 5.52. The summed E-state index contributed by atoms with van der Waals surface area (Å²) in [5, 5.41) is 8.08. The molecule has 0 saturated carbocycles. The molecule has 0 atom stereocenters. The Morgan fingerprint density at radius 2 is 1.92 bits per heavy atom. The molecule has 0 saturated heterocycles. The van der Waals surface area contributed by atoms with Crippen LogP contribution in [0.2, 0.25) is 0 Å². The Kier molecular flexibility index (Phi) is 4.91. The fourth-order valence-electron chi connectivity index (χ4n) is 0.437. The molecular formula is C6H8F2O4. The number of carboxylic acids is 1. The number of hydrogen-bond acceptors (Lipinski definition) is 3. The Morgan fingerprint density at radius 3 is 2.33 bits per heavy atom. The fraction of sp³-hybridized carbons (Fsp3) is 0.667. The van der Waals surface area contributed by atoms with E-state index >= 15 is 0 Å². The van der Waals surface area contributed by atoms with Gasteiger partial charge in [0.15, 0.2) is 6.61 Å². The molecule has 0 radical (unpaired) electrons. The second-order valence-electron chi connectivity index (χ2n) is 1.97. The molecule has 12 heavy (non-hydrogen) atoms. The van der Waals surface area contributed by atoms with Gasteiger partial charge in [0, 0.05) is 0 Å². The maximum atomic E-state index is 11.4. The fourth-order valence-corrected chi connectivity index (χ4v) is 0.437. The van der Waals surface area contributed by atoms with Gasteiger partial charge < -0.3 is 9.84 Å². The standard InChI is InChI=1S/C6H8F2O4/c7-4(8)3-12-6(11)2-1-5(9)10/h4H,1-3H2,(H,9,10). The van der Waals surface area contributed by atoms with Crippen molar-refractivity contribution in [3.63, 3.8) is 0 Å². The average molecular weight is 182 g/mol. The minimum absolute atomic E-state index is 0.373. The number of esters is 1. The molecule has 70 valence electrons. The molecule has 4 nitrogen and oxygen atoms in total. The highest BCUT2D eigenvalue weighted by atomic mass is 19.3. The SMILES string of the molecule is O=C(O)CCC(=O)OCC(F)F. The van der Waals surface area contributed by atoms with E-state index in [1.54, 1.807) is 0 Å². The molecule has 0 aliphatic heterocycles. The van der Waals surface area contributed by atoms with Crippen LogP contribution < -0.4 is 0 Å². The summed E-state index contributed by atoms with van der Waals surface area (Å²) in [6.07, 6.45) is -3.48. The minimum atomic E-state index is -2.71. The molecule has 0 fully saturated rings. The van der Waals surface area contributed by atoms with E-state index in [-0.39, 0.29) is 6.42 Å². The summed E-state index contributed by atoms with van der Waals surface area (Å²) in [5.41, 5.74) is 0. The highest BCUT2D eigenvalue weighted by Gasteiger charge is 2.09. The van der Waals surface area contributed by atoms with Gasteiger partial charge in [0.1, 0.15) is 0 Å². The van der Waals surface area contributed by atoms with Crippen molar-refractivity contribution in [2.24, 2.45) is 0 Å². The van der Waals surface area contributed by atoms with Crippen LogP contribution in [-0.4, -0.2) is 30.1 Å². The predicted octanol–water partition coefficient (Wildman–Crippen LogP) is 0.659. The molecule has 6 heteroatoms. The third-order valence-electron chi connectivity index (χ3n) is 0.913. The summed E-state index contributed by atoms with van der Waals surface area (Å²) >= 11 is 0. The lowest BCUT2D eigenvalue weighted by atomic mass is 10.3. The van der Waals surface area contributed by atoms with Crippen molar-refractivity contribution in [3.8, 4) is 0 Å². The Hall–Kier alpha value is -1.20. The van der Waals surface area contributed by atoms with Gasteiger partial charge >= 0.3 is 11.9 Å². The van der Waals surface area contributed by atoms with Crippen LogP contribution in [0.15, 0.2) is 0 Å². The van der Waals surface area contributed by atoms with E-state index in [2.05, 4.69) is 4.74 Å². The molecule has 0 rings (SSSR count). The second-order valence-corrected chi connectivity index (χ2v) is 1.97. The summed E-state index contributed by atoms with van der Waals surface area (Å²) in [6, 6.07) is 0. The van der Waals surface area contributed by atoms with Crippen molar-refractivity contribution in [3.05, 3.63) is 0 Å². The Labute approximate surface area is 67.1 Å². The van der Waals surface area contributed by atoms with Crippen LogP contribution in [0, 0.1) is 0 Å². The van der Waals surface area contributed by atoms with Crippen molar-refractivity contribution < 1.29 is 28.2 Å². The molecule has 0 aliphatic rings. The highest BCUT2D eigenvalue weighted by Crippen LogP contribution is 1.97. The van der Waals surface area contributed by atoms with Crippen molar-refractivity contribution >= 4 is 11.9 Å². The number of carboxylic acid groups (broad SMARTS) is 1. The van der Waals surface area contributed by atoms with Crippen molar-refractivity contribution in [2.45, 2.75) is 19.3 Å². The zero-order chi connectivity index (χ0) is 9.56. The smallest absolute Gasteiger partial charge is 0.306 e. The van der Waals surface area contributed by atoms with E-state index in [9.17, 15) is 18.4 Å². The number of carbonyl (C=O) groups is 2. The van der Waals surface area contributed by atoms with Gasteiger partial charge in [-0.2, -0.15) is 0 Å². The van der Waals surface area contributed by atoms with E-state index in [0.717, 1.165) is 0 Å². The maximum Gasteiger partial charge on any atom is 0.306 e. The van der Waals surface area contributed by atoms with Crippen LogP contribution in [0.1, 0.15) is 12.8 Å². The number of alkyl halides is 2. The Bertz CT molecular complexity index is 169.